The number of ether oxygens (including phenoxy) is 3. The summed E-state index contributed by atoms with van der Waals surface area (Å²) in [5.41, 5.74) is 5.87. The predicted molar refractivity (Wildman–Crippen MR) is 234 cm³/mol. The smallest absolute Gasteiger partial charge is 0.335 e. The lowest BCUT2D eigenvalue weighted by Gasteiger charge is -2.24. The van der Waals surface area contributed by atoms with Crippen molar-refractivity contribution in [3.8, 4) is 17.2 Å². The number of non-ortho nitro benzene ring substituents is 1. The third-order valence-corrected chi connectivity index (χ3v) is 9.24. The summed E-state index contributed by atoms with van der Waals surface area (Å²) in [7, 11) is 2.41. The maximum Gasteiger partial charge on any atom is 0.335 e. The van der Waals surface area contributed by atoms with Gasteiger partial charge in [-0.2, -0.15) is 0 Å². The fourth-order valence-electron chi connectivity index (χ4n) is 6.00. The molecule has 2 atom stereocenters. The number of aromatic carboxylic acids is 1. The van der Waals surface area contributed by atoms with E-state index in [-0.39, 0.29) is 67.8 Å². The van der Waals surface area contributed by atoms with E-state index in [1.807, 2.05) is 0 Å². The minimum Gasteiger partial charge on any atom is -0.504 e. The molecule has 0 aliphatic carbocycles. The Kier molecular flexibility index (Phi) is 15.1. The van der Waals surface area contributed by atoms with Crippen LogP contribution in [0.5, 0.6) is 17.2 Å². The number of phenols is 1. The zero-order valence-electron chi connectivity index (χ0n) is 34.9. The number of carboxylic acid groups (broad SMARTS) is 1. The van der Waals surface area contributed by atoms with Crippen LogP contribution in [0.1, 0.15) is 65.6 Å². The number of nitrogens with one attached hydrogen (secondary N) is 5. The zero-order valence-corrected chi connectivity index (χ0v) is 34.9. The number of methoxy groups -OCH3 is 2. The summed E-state index contributed by atoms with van der Waals surface area (Å²) in [6.07, 6.45) is -2.15. The van der Waals surface area contributed by atoms with Gasteiger partial charge in [0.05, 0.1) is 40.6 Å². The van der Waals surface area contributed by atoms with E-state index >= 15 is 0 Å². The first-order chi connectivity index (χ1) is 30.9. The number of carbonyl (C=O) groups excluding carboxylic acids is 6. The fourth-order valence-corrected chi connectivity index (χ4v) is 6.00. The molecule has 5 aromatic carbocycles. The number of hydrogen-bond acceptors (Lipinski definition) is 13. The number of hydrogen-bond donors (Lipinski definition) is 8. The van der Waals surface area contributed by atoms with Crippen LogP contribution >= 0.6 is 0 Å². The second-order valence-electron chi connectivity index (χ2n) is 14.0. The number of nitro groups is 1. The van der Waals surface area contributed by atoms with E-state index < -0.39 is 70.3 Å². The molecule has 0 aromatic heterocycles. The topological polar surface area (TPSA) is 317 Å². The highest BCUT2D eigenvalue weighted by atomic mass is 16.6. The Balaban J connectivity index is 1.22. The zero-order chi connectivity index (χ0) is 47.5. The summed E-state index contributed by atoms with van der Waals surface area (Å²) in [6, 6.07) is 20.6. The van der Waals surface area contributed by atoms with E-state index in [4.69, 9.17) is 19.9 Å². The van der Waals surface area contributed by atoms with Gasteiger partial charge in [-0.15, -0.1) is 0 Å². The first-order valence-electron chi connectivity index (χ1n) is 19.2. The first-order valence-corrected chi connectivity index (χ1v) is 19.2. The number of nitro benzene ring substituents is 1. The summed E-state index contributed by atoms with van der Waals surface area (Å²) in [6.45, 7) is 3.32. The number of rotatable bonds is 18. The second-order valence-corrected chi connectivity index (χ2v) is 14.0. The standard InChI is InChI=1S/C44H41N7O14/c1-22(2)65-36-32(20-18-30(35(36)52)42(57)48-31-19-11-26(44(59)60)21-33(31)63-3)49-40(55)23-5-14-28(15-6-23)47-43(58)37(64-4)34(38(45)53)50-41(56)24-7-12-27(13-8-24)46-39(54)25-9-16-29(17-10-25)51(61)62/h5-22,34,37,52H,1-4H3,(H2,45,53)(H,46,54)(H,47,58)(H,48,57)(H,49,55)(H,50,56)(H,59,60). The van der Waals surface area contributed by atoms with Crippen LogP contribution in [0.4, 0.5) is 28.4 Å². The number of carbonyl (C=O) groups is 7. The van der Waals surface area contributed by atoms with Crippen molar-refractivity contribution >= 4 is 69.8 Å². The molecule has 336 valence electrons. The number of primary amides is 1. The van der Waals surface area contributed by atoms with Gasteiger partial charge >= 0.3 is 5.97 Å². The van der Waals surface area contributed by atoms with Crippen LogP contribution in [0.3, 0.4) is 0 Å². The molecule has 0 aliphatic heterocycles. The lowest BCUT2D eigenvalue weighted by molar-refractivity contribution is -0.384. The van der Waals surface area contributed by atoms with E-state index in [9.17, 15) is 53.9 Å². The van der Waals surface area contributed by atoms with Gasteiger partial charge in [-0.05, 0) is 105 Å². The van der Waals surface area contributed by atoms with Gasteiger partial charge in [-0.1, -0.05) is 0 Å². The molecule has 0 fully saturated rings. The largest absolute Gasteiger partial charge is 0.504 e. The fraction of sp³-hybridized carbons (Fsp3) is 0.159. The van der Waals surface area contributed by atoms with Crippen LogP contribution in [0, 0.1) is 10.1 Å². The van der Waals surface area contributed by atoms with E-state index in [0.29, 0.717) is 0 Å². The van der Waals surface area contributed by atoms with E-state index in [1.54, 1.807) is 13.8 Å². The molecule has 5 aromatic rings. The maximum absolute atomic E-state index is 13.4. The van der Waals surface area contributed by atoms with Gasteiger partial charge in [0.2, 0.25) is 5.91 Å². The number of nitrogens with zero attached hydrogens (tertiary/aromatic N) is 1. The summed E-state index contributed by atoms with van der Waals surface area (Å²) >= 11 is 0. The lowest BCUT2D eigenvalue weighted by atomic mass is 10.1. The van der Waals surface area contributed by atoms with Gasteiger partial charge in [0, 0.05) is 47.3 Å². The molecule has 0 bridgehead atoms. The van der Waals surface area contributed by atoms with Crippen molar-refractivity contribution in [1.82, 2.24) is 5.32 Å². The van der Waals surface area contributed by atoms with E-state index in [1.165, 1.54) is 110 Å². The molecular weight excluding hydrogens is 851 g/mol. The Hall–Kier alpha value is -8.85. The highest BCUT2D eigenvalue weighted by molar-refractivity contribution is 6.10. The van der Waals surface area contributed by atoms with Gasteiger partial charge in [0.15, 0.2) is 17.6 Å². The van der Waals surface area contributed by atoms with Crippen molar-refractivity contribution in [3.63, 3.8) is 0 Å². The molecule has 9 N–H and O–H groups in total. The summed E-state index contributed by atoms with van der Waals surface area (Å²) in [4.78, 5) is 99.9. The van der Waals surface area contributed by atoms with Crippen LogP contribution in [-0.2, 0) is 14.3 Å². The number of carboxylic acids is 1. The van der Waals surface area contributed by atoms with Crippen molar-refractivity contribution < 1.29 is 62.9 Å². The van der Waals surface area contributed by atoms with Gasteiger partial charge in [0.1, 0.15) is 11.8 Å². The number of anilines is 4. The molecule has 21 nitrogen and oxygen atoms in total. The Labute approximate surface area is 369 Å². The second kappa shape index (κ2) is 20.8. The van der Waals surface area contributed by atoms with Crippen molar-refractivity contribution in [1.29, 1.82) is 0 Å². The molecule has 5 rings (SSSR count). The van der Waals surface area contributed by atoms with Crippen LogP contribution in [0.2, 0.25) is 0 Å². The number of phenolic OH excluding ortho intramolecular Hbond substituents is 1. The first kappa shape index (κ1) is 47.2. The molecule has 65 heavy (non-hydrogen) atoms. The van der Waals surface area contributed by atoms with Crippen molar-refractivity contribution in [3.05, 3.63) is 141 Å². The third-order valence-electron chi connectivity index (χ3n) is 9.24. The number of amides is 6. The molecule has 0 heterocycles. The van der Waals surface area contributed by atoms with Gasteiger partial charge in [-0.25, -0.2) is 4.79 Å². The number of nitrogens with two attached hydrogens (primary N) is 1. The predicted octanol–water partition coefficient (Wildman–Crippen LogP) is 4.79. The molecule has 0 saturated carbocycles. The summed E-state index contributed by atoms with van der Waals surface area (Å²) in [5, 5.41) is 44.0. The molecule has 0 radical (unpaired) electrons. The average molecular weight is 892 g/mol. The molecule has 6 amide bonds. The normalized spacial score (nSPS) is 11.6. The average Bonchev–Trinajstić information content (AvgIpc) is 3.27. The Morgan fingerprint density at radius 2 is 1.17 bits per heavy atom. The Morgan fingerprint density at radius 3 is 1.69 bits per heavy atom. The molecule has 0 aliphatic rings. The van der Waals surface area contributed by atoms with E-state index in [0.717, 1.165) is 7.11 Å². The number of aromatic hydroxyl groups is 1. The van der Waals surface area contributed by atoms with Gasteiger partial charge in [-0.3, -0.25) is 38.9 Å². The van der Waals surface area contributed by atoms with Crippen LogP contribution < -0.4 is 41.8 Å². The minimum absolute atomic E-state index is 0.00314. The quantitative estimate of drug-likeness (QED) is 0.0433. The van der Waals surface area contributed by atoms with Gasteiger partial charge < -0.3 is 56.7 Å². The van der Waals surface area contributed by atoms with Gasteiger partial charge in [0.25, 0.3) is 35.2 Å². The number of benzene rings is 5. The van der Waals surface area contributed by atoms with E-state index in [2.05, 4.69) is 26.6 Å². The third kappa shape index (κ3) is 11.7. The highest BCUT2D eigenvalue weighted by Gasteiger charge is 2.34. The van der Waals surface area contributed by atoms with Crippen LogP contribution in [-0.4, -0.2) is 89.0 Å². The highest BCUT2D eigenvalue weighted by Crippen LogP contribution is 2.39. The SMILES string of the molecule is COc1cc(C(=O)O)ccc1NC(=O)c1ccc(NC(=O)c2ccc(NC(=O)C(OC)C(NC(=O)c3ccc(NC(=O)c4ccc([N+](=O)[O-])cc4)cc3)C(N)=O)cc2)c(OC(C)C)c1O. The molecule has 21 heteroatoms. The van der Waals surface area contributed by atoms with Crippen molar-refractivity contribution in [2.75, 3.05) is 35.5 Å². The minimum atomic E-state index is -1.66. The van der Waals surface area contributed by atoms with Crippen LogP contribution in [0.15, 0.2) is 103 Å². The Bertz CT molecular complexity index is 2650. The summed E-state index contributed by atoms with van der Waals surface area (Å²) < 4.78 is 16.2. The lowest BCUT2D eigenvalue weighted by Crippen LogP contribution is -2.56. The maximum atomic E-state index is 13.4. The molecule has 0 saturated heterocycles. The summed E-state index contributed by atoms with van der Waals surface area (Å²) in [5.74, 6) is -6.82. The van der Waals surface area contributed by atoms with Crippen LogP contribution in [0.25, 0.3) is 0 Å². The molecule has 0 spiro atoms. The Morgan fingerprint density at radius 1 is 0.662 bits per heavy atom. The monoisotopic (exact) mass is 891 g/mol. The van der Waals surface area contributed by atoms with Crippen molar-refractivity contribution in [2.24, 2.45) is 5.73 Å². The van der Waals surface area contributed by atoms with Crippen molar-refractivity contribution in [2.45, 2.75) is 32.1 Å². The molecule has 2 unspecified atom stereocenters. The molecular formula is C44H41N7O14.